The lowest BCUT2D eigenvalue weighted by molar-refractivity contribution is -0.120. The topological polar surface area (TPSA) is 80.9 Å². The van der Waals surface area contributed by atoms with E-state index in [4.69, 9.17) is 5.73 Å². The number of aromatic nitrogens is 2. The molecule has 1 amide bonds. The zero-order valence-corrected chi connectivity index (χ0v) is 13.3. The highest BCUT2D eigenvalue weighted by Gasteiger charge is 2.25. The highest BCUT2D eigenvalue weighted by Crippen LogP contribution is 2.25. The largest absolute Gasteiger partial charge is 0.328 e. The van der Waals surface area contributed by atoms with E-state index >= 15 is 0 Å². The van der Waals surface area contributed by atoms with E-state index < -0.39 is 0 Å². The van der Waals surface area contributed by atoms with Gasteiger partial charge in [0.2, 0.25) is 5.91 Å². The summed E-state index contributed by atoms with van der Waals surface area (Å²) >= 11 is 0. The Labute approximate surface area is 136 Å². The van der Waals surface area contributed by atoms with Gasteiger partial charge in [-0.2, -0.15) is 0 Å². The summed E-state index contributed by atoms with van der Waals surface area (Å²) < 4.78 is 0. The Hall–Kier alpha value is -2.27. The van der Waals surface area contributed by atoms with Gasteiger partial charge in [-0.25, -0.2) is 9.97 Å². The second kappa shape index (κ2) is 6.87. The molecule has 2 unspecified atom stereocenters. The number of amides is 1. The molecule has 1 aromatic heterocycles. The number of nitrogens with one attached hydrogen (secondary N) is 1. The third-order valence-corrected chi connectivity index (χ3v) is 4.29. The Morgan fingerprint density at radius 3 is 2.70 bits per heavy atom. The van der Waals surface area contributed by atoms with Gasteiger partial charge in [0.05, 0.1) is 0 Å². The number of hydrogen-bond acceptors (Lipinski definition) is 4. The van der Waals surface area contributed by atoms with Gasteiger partial charge in [0.15, 0.2) is 5.82 Å². The third kappa shape index (κ3) is 3.93. The van der Waals surface area contributed by atoms with Gasteiger partial charge in [-0.15, -0.1) is 0 Å². The number of carbonyl (C=O) groups is 1. The number of hydrogen-bond donors (Lipinski definition) is 2. The normalized spacial score (nSPS) is 21.0. The molecule has 0 aliphatic heterocycles. The minimum Gasteiger partial charge on any atom is -0.328 e. The quantitative estimate of drug-likeness (QED) is 0.913. The van der Waals surface area contributed by atoms with Crippen molar-refractivity contribution in [3.63, 3.8) is 0 Å². The van der Waals surface area contributed by atoms with E-state index in [1.165, 1.54) is 0 Å². The first-order chi connectivity index (χ1) is 11.1. The van der Waals surface area contributed by atoms with Gasteiger partial charge in [-0.3, -0.25) is 4.79 Å². The lowest BCUT2D eigenvalue weighted by atomic mass is 9.85. The zero-order valence-electron chi connectivity index (χ0n) is 13.3. The molecule has 2 atom stereocenters. The van der Waals surface area contributed by atoms with Gasteiger partial charge >= 0.3 is 0 Å². The second-order valence-corrected chi connectivity index (χ2v) is 6.21. The van der Waals surface area contributed by atoms with Crippen LogP contribution in [0.15, 0.2) is 36.5 Å². The van der Waals surface area contributed by atoms with Crippen molar-refractivity contribution in [3.05, 3.63) is 42.2 Å². The monoisotopic (exact) mass is 310 g/mol. The van der Waals surface area contributed by atoms with Gasteiger partial charge in [0.25, 0.3) is 0 Å². The fraction of sp³-hybridized carbons (Fsp3) is 0.389. The number of rotatable bonds is 3. The maximum Gasteiger partial charge on any atom is 0.227 e. The molecular weight excluding hydrogens is 288 g/mol. The standard InChI is InChI=1S/C18H22N4O/c1-12-9-10-20-17(21-12)13-5-7-16(8-6-13)22-18(23)14-3-2-4-15(19)11-14/h5-10,14-15H,2-4,11,19H2,1H3,(H,22,23). The van der Waals surface area contributed by atoms with Gasteiger partial charge in [-0.05, 0) is 56.5 Å². The number of carbonyl (C=O) groups excluding carboxylic acids is 1. The predicted molar refractivity (Wildman–Crippen MR) is 90.8 cm³/mol. The first kappa shape index (κ1) is 15.6. The van der Waals surface area contributed by atoms with E-state index in [0.29, 0.717) is 5.82 Å². The minimum absolute atomic E-state index is 0.0264. The Morgan fingerprint density at radius 2 is 2.00 bits per heavy atom. The Morgan fingerprint density at radius 1 is 1.22 bits per heavy atom. The zero-order chi connectivity index (χ0) is 16.2. The highest BCUT2D eigenvalue weighted by molar-refractivity contribution is 5.92. The molecule has 5 heteroatoms. The van der Waals surface area contributed by atoms with Crippen LogP contribution < -0.4 is 11.1 Å². The molecule has 1 saturated carbocycles. The second-order valence-electron chi connectivity index (χ2n) is 6.21. The molecular formula is C18H22N4O. The van der Waals surface area contributed by atoms with E-state index in [0.717, 1.165) is 42.6 Å². The molecule has 1 aliphatic carbocycles. The molecule has 1 fully saturated rings. The van der Waals surface area contributed by atoms with Crippen LogP contribution in [0, 0.1) is 12.8 Å². The fourth-order valence-corrected chi connectivity index (χ4v) is 3.00. The number of aryl methyl sites for hydroxylation is 1. The van der Waals surface area contributed by atoms with Crippen LogP contribution in [0.25, 0.3) is 11.4 Å². The van der Waals surface area contributed by atoms with E-state index in [-0.39, 0.29) is 17.9 Å². The van der Waals surface area contributed by atoms with Crippen LogP contribution in [0.4, 0.5) is 5.69 Å². The molecule has 1 heterocycles. The maximum absolute atomic E-state index is 12.3. The average Bonchev–Trinajstić information content (AvgIpc) is 2.55. The summed E-state index contributed by atoms with van der Waals surface area (Å²) in [5.74, 6) is 0.791. The van der Waals surface area contributed by atoms with Gasteiger partial charge in [-0.1, -0.05) is 6.42 Å². The minimum atomic E-state index is 0.0264. The number of nitrogens with two attached hydrogens (primary N) is 1. The van der Waals surface area contributed by atoms with Crippen molar-refractivity contribution in [1.29, 1.82) is 0 Å². The summed E-state index contributed by atoms with van der Waals surface area (Å²) in [5, 5.41) is 2.99. The maximum atomic E-state index is 12.3. The molecule has 0 radical (unpaired) electrons. The van der Waals surface area contributed by atoms with Gasteiger partial charge in [0.1, 0.15) is 0 Å². The molecule has 3 N–H and O–H groups in total. The van der Waals surface area contributed by atoms with Crippen LogP contribution in [-0.4, -0.2) is 21.9 Å². The smallest absolute Gasteiger partial charge is 0.227 e. The Kier molecular flexibility index (Phi) is 4.67. The number of benzene rings is 1. The van der Waals surface area contributed by atoms with E-state index in [2.05, 4.69) is 15.3 Å². The molecule has 0 saturated heterocycles. The van der Waals surface area contributed by atoms with Gasteiger partial charge in [0, 0.05) is 35.1 Å². The van der Waals surface area contributed by atoms with Crippen LogP contribution in [0.3, 0.4) is 0 Å². The SMILES string of the molecule is Cc1ccnc(-c2ccc(NC(=O)C3CCCC(N)C3)cc2)n1. The molecule has 1 aromatic carbocycles. The Bertz CT molecular complexity index is 684. The van der Waals surface area contributed by atoms with Crippen molar-refractivity contribution in [2.45, 2.75) is 38.6 Å². The van der Waals surface area contributed by atoms with E-state index in [1.54, 1.807) is 6.20 Å². The third-order valence-electron chi connectivity index (χ3n) is 4.29. The van der Waals surface area contributed by atoms with Crippen molar-refractivity contribution in [1.82, 2.24) is 9.97 Å². The first-order valence-electron chi connectivity index (χ1n) is 8.08. The molecule has 3 rings (SSSR count). The molecule has 5 nitrogen and oxygen atoms in total. The van der Waals surface area contributed by atoms with Crippen LogP contribution in [-0.2, 0) is 4.79 Å². The highest BCUT2D eigenvalue weighted by atomic mass is 16.1. The molecule has 0 bridgehead atoms. The van der Waals surface area contributed by atoms with Crippen LogP contribution in [0.2, 0.25) is 0 Å². The van der Waals surface area contributed by atoms with Crippen molar-refractivity contribution in [3.8, 4) is 11.4 Å². The molecule has 1 aliphatic rings. The van der Waals surface area contributed by atoms with Crippen molar-refractivity contribution < 1.29 is 4.79 Å². The lowest BCUT2D eigenvalue weighted by Crippen LogP contribution is -2.34. The lowest BCUT2D eigenvalue weighted by Gasteiger charge is -2.25. The van der Waals surface area contributed by atoms with Crippen molar-refractivity contribution in [2.24, 2.45) is 11.7 Å². The van der Waals surface area contributed by atoms with E-state index in [9.17, 15) is 4.79 Å². The summed E-state index contributed by atoms with van der Waals surface area (Å²) in [7, 11) is 0. The summed E-state index contributed by atoms with van der Waals surface area (Å²) in [6.45, 7) is 1.94. The number of anilines is 1. The molecule has 120 valence electrons. The summed E-state index contributed by atoms with van der Waals surface area (Å²) in [6, 6.07) is 9.66. The van der Waals surface area contributed by atoms with Crippen LogP contribution in [0.5, 0.6) is 0 Å². The van der Waals surface area contributed by atoms with Gasteiger partial charge < -0.3 is 11.1 Å². The van der Waals surface area contributed by atoms with Crippen LogP contribution in [0.1, 0.15) is 31.4 Å². The number of nitrogens with zero attached hydrogens (tertiary/aromatic N) is 2. The molecule has 2 aromatic rings. The Balaban J connectivity index is 1.66. The van der Waals surface area contributed by atoms with Crippen molar-refractivity contribution >= 4 is 11.6 Å². The summed E-state index contributed by atoms with van der Waals surface area (Å²) in [4.78, 5) is 21.0. The van der Waals surface area contributed by atoms with Crippen LogP contribution >= 0.6 is 0 Å². The molecule has 0 spiro atoms. The first-order valence-corrected chi connectivity index (χ1v) is 8.08. The predicted octanol–water partition coefficient (Wildman–Crippen LogP) is 2.91. The summed E-state index contributed by atoms with van der Waals surface area (Å²) in [6.07, 6.45) is 5.51. The summed E-state index contributed by atoms with van der Waals surface area (Å²) in [5.41, 5.74) is 8.62. The van der Waals surface area contributed by atoms with E-state index in [1.807, 2.05) is 37.3 Å². The fourth-order valence-electron chi connectivity index (χ4n) is 3.00. The molecule has 23 heavy (non-hydrogen) atoms. The average molecular weight is 310 g/mol. The van der Waals surface area contributed by atoms with Crippen molar-refractivity contribution in [2.75, 3.05) is 5.32 Å².